The summed E-state index contributed by atoms with van der Waals surface area (Å²) in [6.45, 7) is 0.0606. The number of fused-ring (bicyclic) bond motifs is 1. The number of H-pyrrole nitrogens is 1. The highest BCUT2D eigenvalue weighted by molar-refractivity contribution is 7.92. The maximum atomic E-state index is 11.9. The van der Waals surface area contributed by atoms with Crippen LogP contribution in [-0.4, -0.2) is 41.1 Å². The van der Waals surface area contributed by atoms with E-state index >= 15 is 0 Å². The van der Waals surface area contributed by atoms with Crippen LogP contribution in [0.5, 0.6) is 0 Å². The summed E-state index contributed by atoms with van der Waals surface area (Å²) in [4.78, 5) is 0. The molecule has 2 aromatic carbocycles. The molecule has 11 heteroatoms. The molecule has 9 nitrogen and oxygen atoms in total. The van der Waals surface area contributed by atoms with Gasteiger partial charge in [-0.1, -0.05) is 23.5 Å². The molecular weight excluding hydrogens is 398 g/mol. The second-order valence-electron chi connectivity index (χ2n) is 6.00. The van der Waals surface area contributed by atoms with E-state index in [4.69, 9.17) is 5.73 Å². The molecular formula is C17H17N7O2S2. The summed E-state index contributed by atoms with van der Waals surface area (Å²) < 4.78 is 26.3. The Kier molecular flexibility index (Phi) is 4.94. The molecule has 0 unspecified atom stereocenters. The Morgan fingerprint density at radius 1 is 1.11 bits per heavy atom. The summed E-state index contributed by atoms with van der Waals surface area (Å²) in [6.07, 6.45) is 1.75. The highest BCUT2D eigenvalue weighted by Gasteiger charge is 2.12. The van der Waals surface area contributed by atoms with Gasteiger partial charge in [-0.2, -0.15) is 5.10 Å². The van der Waals surface area contributed by atoms with Crippen LogP contribution in [0.25, 0.3) is 21.5 Å². The monoisotopic (exact) mass is 415 g/mol. The van der Waals surface area contributed by atoms with Crippen molar-refractivity contribution in [1.29, 1.82) is 0 Å². The third-order valence-corrected chi connectivity index (χ3v) is 6.09. The van der Waals surface area contributed by atoms with Crippen molar-refractivity contribution in [3.63, 3.8) is 0 Å². The molecule has 2 aromatic heterocycles. The van der Waals surface area contributed by atoms with Crippen LogP contribution >= 0.6 is 11.3 Å². The lowest BCUT2D eigenvalue weighted by molar-refractivity contribution is 0.601. The van der Waals surface area contributed by atoms with Crippen LogP contribution in [-0.2, 0) is 10.0 Å². The van der Waals surface area contributed by atoms with Crippen molar-refractivity contribution in [1.82, 2.24) is 20.4 Å². The van der Waals surface area contributed by atoms with Gasteiger partial charge in [-0.15, -0.1) is 10.2 Å². The zero-order valence-corrected chi connectivity index (χ0v) is 16.2. The second kappa shape index (κ2) is 7.54. The zero-order valence-electron chi connectivity index (χ0n) is 14.6. The maximum Gasteiger partial charge on any atom is 0.233 e. The quantitative estimate of drug-likeness (QED) is 0.364. The van der Waals surface area contributed by atoms with Crippen LogP contribution in [0.4, 0.5) is 16.5 Å². The second-order valence-corrected chi connectivity index (χ2v) is 8.82. The van der Waals surface area contributed by atoms with Crippen LogP contribution in [0, 0.1) is 0 Å². The smallest absolute Gasteiger partial charge is 0.233 e. The molecule has 2 heterocycles. The molecule has 144 valence electrons. The molecule has 0 fully saturated rings. The van der Waals surface area contributed by atoms with E-state index in [1.54, 1.807) is 24.4 Å². The fraction of sp³-hybridized carbons (Fsp3) is 0.118. The SMILES string of the molecule is NCCS(=O)(=O)Nc1cccc(-c2nnc(Nc3ccc4[nH]ncc4c3)s2)c1. The third-order valence-electron chi connectivity index (χ3n) is 3.89. The number of anilines is 3. The Morgan fingerprint density at radius 2 is 2.00 bits per heavy atom. The summed E-state index contributed by atoms with van der Waals surface area (Å²) in [7, 11) is -3.46. The van der Waals surface area contributed by atoms with Gasteiger partial charge in [-0.25, -0.2) is 8.42 Å². The van der Waals surface area contributed by atoms with Crippen molar-refractivity contribution in [3.8, 4) is 10.6 Å². The van der Waals surface area contributed by atoms with E-state index < -0.39 is 10.0 Å². The van der Waals surface area contributed by atoms with Crippen LogP contribution in [0.1, 0.15) is 0 Å². The number of aromatic amines is 1. The highest BCUT2D eigenvalue weighted by Crippen LogP contribution is 2.30. The first-order valence-electron chi connectivity index (χ1n) is 8.37. The van der Waals surface area contributed by atoms with Gasteiger partial charge in [0, 0.05) is 28.9 Å². The summed E-state index contributed by atoms with van der Waals surface area (Å²) in [6, 6.07) is 12.8. The first-order chi connectivity index (χ1) is 13.5. The minimum absolute atomic E-state index is 0.0606. The molecule has 0 amide bonds. The van der Waals surface area contributed by atoms with Gasteiger partial charge in [-0.3, -0.25) is 9.82 Å². The molecule has 0 radical (unpaired) electrons. The lowest BCUT2D eigenvalue weighted by Crippen LogP contribution is -2.22. The van der Waals surface area contributed by atoms with Gasteiger partial charge in [0.25, 0.3) is 0 Å². The molecule has 4 aromatic rings. The van der Waals surface area contributed by atoms with Crippen molar-refractivity contribution in [2.75, 3.05) is 22.3 Å². The Morgan fingerprint density at radius 3 is 2.86 bits per heavy atom. The number of rotatable bonds is 7. The Bertz CT molecular complexity index is 1220. The predicted molar refractivity (Wildman–Crippen MR) is 111 cm³/mol. The molecule has 0 aliphatic heterocycles. The molecule has 0 aliphatic carbocycles. The molecule has 0 saturated carbocycles. The van der Waals surface area contributed by atoms with E-state index in [0.29, 0.717) is 15.8 Å². The topological polar surface area (TPSA) is 139 Å². The number of nitrogens with zero attached hydrogens (tertiary/aromatic N) is 3. The van der Waals surface area contributed by atoms with E-state index in [9.17, 15) is 8.42 Å². The molecule has 0 bridgehead atoms. The minimum atomic E-state index is -3.46. The van der Waals surface area contributed by atoms with E-state index in [1.807, 2.05) is 24.3 Å². The van der Waals surface area contributed by atoms with Crippen LogP contribution in [0.2, 0.25) is 0 Å². The number of nitrogens with two attached hydrogens (primary N) is 1. The molecule has 4 rings (SSSR count). The van der Waals surface area contributed by atoms with Gasteiger partial charge < -0.3 is 11.1 Å². The minimum Gasteiger partial charge on any atom is -0.330 e. The van der Waals surface area contributed by atoms with Gasteiger partial charge >= 0.3 is 0 Å². The lowest BCUT2D eigenvalue weighted by Gasteiger charge is -2.07. The molecule has 5 N–H and O–H groups in total. The number of benzene rings is 2. The molecule has 0 atom stereocenters. The molecule has 28 heavy (non-hydrogen) atoms. The maximum absolute atomic E-state index is 11.9. The third kappa shape index (κ3) is 4.11. The standard InChI is InChI=1S/C17H17N7O2S2/c18-6-7-28(25,26)24-14-3-1-2-11(8-14)16-22-23-17(27-16)20-13-4-5-15-12(9-13)10-19-21-15/h1-5,8-10,24H,6-7,18H2,(H,19,21)(H,20,23). The molecule has 0 aliphatic rings. The lowest BCUT2D eigenvalue weighted by atomic mass is 10.2. The normalized spacial score (nSPS) is 11.6. The van der Waals surface area contributed by atoms with Crippen molar-refractivity contribution in [2.45, 2.75) is 0 Å². The van der Waals surface area contributed by atoms with E-state index in [0.717, 1.165) is 22.2 Å². The largest absolute Gasteiger partial charge is 0.330 e. The number of aromatic nitrogens is 4. The van der Waals surface area contributed by atoms with E-state index in [1.165, 1.54) is 11.3 Å². The predicted octanol–water partition coefficient (Wildman–Crippen LogP) is 2.53. The Labute approximate surface area is 165 Å². The fourth-order valence-corrected chi connectivity index (χ4v) is 4.29. The number of sulfonamides is 1. The first kappa shape index (κ1) is 18.3. The number of hydrogen-bond acceptors (Lipinski definition) is 8. The zero-order chi connectivity index (χ0) is 19.6. The van der Waals surface area contributed by atoms with Gasteiger partial charge in [-0.05, 0) is 30.3 Å². The van der Waals surface area contributed by atoms with Gasteiger partial charge in [0.15, 0.2) is 0 Å². The van der Waals surface area contributed by atoms with Gasteiger partial charge in [0.1, 0.15) is 5.01 Å². The van der Waals surface area contributed by atoms with Gasteiger partial charge in [0.05, 0.1) is 17.5 Å². The van der Waals surface area contributed by atoms with Crippen LogP contribution in [0.15, 0.2) is 48.7 Å². The first-order valence-corrected chi connectivity index (χ1v) is 10.8. The van der Waals surface area contributed by atoms with Crippen LogP contribution < -0.4 is 15.8 Å². The fourth-order valence-electron chi connectivity index (χ4n) is 2.64. The molecule has 0 spiro atoms. The van der Waals surface area contributed by atoms with Crippen LogP contribution in [0.3, 0.4) is 0 Å². The van der Waals surface area contributed by atoms with Gasteiger partial charge in [0.2, 0.25) is 15.2 Å². The summed E-state index contributed by atoms with van der Waals surface area (Å²) in [5.74, 6) is -0.134. The Balaban J connectivity index is 1.53. The number of hydrogen-bond donors (Lipinski definition) is 4. The average molecular weight is 416 g/mol. The van der Waals surface area contributed by atoms with Crippen molar-refractivity contribution >= 4 is 48.8 Å². The molecule has 0 saturated heterocycles. The van der Waals surface area contributed by atoms with Crippen molar-refractivity contribution in [2.24, 2.45) is 5.73 Å². The van der Waals surface area contributed by atoms with Crippen molar-refractivity contribution < 1.29 is 8.42 Å². The van der Waals surface area contributed by atoms with E-state index in [-0.39, 0.29) is 12.3 Å². The summed E-state index contributed by atoms with van der Waals surface area (Å²) in [5.41, 5.74) is 8.39. The number of nitrogens with one attached hydrogen (secondary N) is 3. The summed E-state index contributed by atoms with van der Waals surface area (Å²) in [5, 5.41) is 20.8. The van der Waals surface area contributed by atoms with Crippen molar-refractivity contribution in [3.05, 3.63) is 48.7 Å². The average Bonchev–Trinajstić information content (AvgIpc) is 3.30. The summed E-state index contributed by atoms with van der Waals surface area (Å²) >= 11 is 1.37. The van der Waals surface area contributed by atoms with E-state index in [2.05, 4.69) is 30.4 Å². The Hall–Kier alpha value is -3.02. The highest BCUT2D eigenvalue weighted by atomic mass is 32.2.